The van der Waals surface area contributed by atoms with Crippen LogP contribution in [-0.2, 0) is 20.9 Å². The van der Waals surface area contributed by atoms with E-state index in [1.807, 2.05) is 0 Å². The molecule has 154 valence electrons. The van der Waals surface area contributed by atoms with Gasteiger partial charge in [0.25, 0.3) is 0 Å². The summed E-state index contributed by atoms with van der Waals surface area (Å²) in [6.45, 7) is 0.0909. The first-order chi connectivity index (χ1) is 14.0. The summed E-state index contributed by atoms with van der Waals surface area (Å²) in [4.78, 5) is 26.4. The third kappa shape index (κ3) is 4.42. The Kier molecular flexibility index (Phi) is 6.21. The summed E-state index contributed by atoms with van der Waals surface area (Å²) in [5.74, 6) is -0.673. The van der Waals surface area contributed by atoms with E-state index in [1.165, 1.54) is 38.4 Å². The van der Waals surface area contributed by atoms with Crippen LogP contribution in [0.5, 0.6) is 17.2 Å². The van der Waals surface area contributed by atoms with E-state index in [2.05, 4.69) is 0 Å². The number of methoxy groups -OCH3 is 3. The lowest BCUT2D eigenvalue weighted by Gasteiger charge is -2.20. The number of anilines is 1. The number of nitrogens with zero attached hydrogens (tertiary/aromatic N) is 1. The monoisotopic (exact) mass is 403 g/mol. The molecule has 1 fully saturated rings. The van der Waals surface area contributed by atoms with Gasteiger partial charge in [-0.1, -0.05) is 6.07 Å². The molecule has 0 N–H and O–H groups in total. The van der Waals surface area contributed by atoms with E-state index < -0.39 is 17.7 Å². The fourth-order valence-corrected chi connectivity index (χ4v) is 3.18. The van der Waals surface area contributed by atoms with E-state index in [0.29, 0.717) is 22.7 Å². The number of halogens is 1. The Morgan fingerprint density at radius 2 is 1.83 bits per heavy atom. The summed E-state index contributed by atoms with van der Waals surface area (Å²) in [6.07, 6.45) is 0.0327. The predicted molar refractivity (Wildman–Crippen MR) is 103 cm³/mol. The number of carbonyl (C=O) groups is 2. The smallest absolute Gasteiger partial charge is 0.311 e. The molecule has 0 radical (unpaired) electrons. The third-order valence-electron chi connectivity index (χ3n) is 4.73. The molecule has 7 nitrogen and oxygen atoms in total. The molecule has 2 aromatic carbocycles. The maximum absolute atomic E-state index is 13.8. The Morgan fingerprint density at radius 1 is 1.07 bits per heavy atom. The molecule has 2 aromatic rings. The lowest BCUT2D eigenvalue weighted by Crippen LogP contribution is -2.26. The van der Waals surface area contributed by atoms with Crippen molar-refractivity contribution in [1.29, 1.82) is 0 Å². The second kappa shape index (κ2) is 8.81. The lowest BCUT2D eigenvalue weighted by atomic mass is 10.1. The molecular formula is C21H22FNO6. The zero-order valence-electron chi connectivity index (χ0n) is 16.4. The van der Waals surface area contributed by atoms with Crippen LogP contribution in [0.25, 0.3) is 0 Å². The van der Waals surface area contributed by atoms with Crippen LogP contribution in [-0.4, -0.2) is 39.8 Å². The molecule has 1 aliphatic rings. The summed E-state index contributed by atoms with van der Waals surface area (Å²) >= 11 is 0. The van der Waals surface area contributed by atoms with Gasteiger partial charge in [0.15, 0.2) is 11.6 Å². The number of carbonyl (C=O) groups excluding carboxylic acids is 2. The standard InChI is InChI=1S/C21H22FNO6/c1-26-15-5-6-17(19(10-15)28-3)23-11-14(9-20(23)24)21(25)29-12-13-4-7-18(27-2)16(22)8-13/h4-8,10,14H,9,11-12H2,1-3H3/t14-/m0/s1. The van der Waals surface area contributed by atoms with E-state index in [4.69, 9.17) is 18.9 Å². The molecule has 3 rings (SSSR count). The highest BCUT2D eigenvalue weighted by Gasteiger charge is 2.37. The van der Waals surface area contributed by atoms with Crippen LogP contribution < -0.4 is 19.1 Å². The summed E-state index contributed by atoms with van der Waals surface area (Å²) < 4.78 is 34.4. The van der Waals surface area contributed by atoms with Crippen LogP contribution in [0.2, 0.25) is 0 Å². The van der Waals surface area contributed by atoms with Crippen molar-refractivity contribution < 1.29 is 32.9 Å². The topological polar surface area (TPSA) is 74.3 Å². The molecule has 0 spiro atoms. The molecule has 0 unspecified atom stereocenters. The molecule has 1 atom stereocenters. The predicted octanol–water partition coefficient (Wildman–Crippen LogP) is 2.95. The van der Waals surface area contributed by atoms with Gasteiger partial charge in [-0.05, 0) is 29.8 Å². The zero-order valence-corrected chi connectivity index (χ0v) is 16.4. The lowest BCUT2D eigenvalue weighted by molar-refractivity contribution is -0.149. The number of esters is 1. The van der Waals surface area contributed by atoms with Gasteiger partial charge in [0, 0.05) is 19.0 Å². The fraction of sp³-hybridized carbons (Fsp3) is 0.333. The quantitative estimate of drug-likeness (QED) is 0.662. The Balaban J connectivity index is 1.65. The summed E-state index contributed by atoms with van der Waals surface area (Å²) in [5, 5.41) is 0. The Labute approximate surface area is 167 Å². The van der Waals surface area contributed by atoms with E-state index in [1.54, 1.807) is 24.3 Å². The highest BCUT2D eigenvalue weighted by atomic mass is 19.1. The first kappa shape index (κ1) is 20.4. The average molecular weight is 403 g/mol. The van der Waals surface area contributed by atoms with Crippen LogP contribution in [0, 0.1) is 11.7 Å². The molecule has 1 amide bonds. The van der Waals surface area contributed by atoms with Gasteiger partial charge in [-0.25, -0.2) is 4.39 Å². The van der Waals surface area contributed by atoms with Crippen molar-refractivity contribution in [3.05, 3.63) is 47.8 Å². The van der Waals surface area contributed by atoms with Crippen LogP contribution in [0.4, 0.5) is 10.1 Å². The van der Waals surface area contributed by atoms with Crippen LogP contribution in [0.3, 0.4) is 0 Å². The second-order valence-electron chi connectivity index (χ2n) is 6.52. The van der Waals surface area contributed by atoms with Crippen molar-refractivity contribution >= 4 is 17.6 Å². The highest BCUT2D eigenvalue weighted by molar-refractivity contribution is 6.00. The normalized spacial score (nSPS) is 15.9. The van der Waals surface area contributed by atoms with Gasteiger partial charge in [-0.2, -0.15) is 0 Å². The first-order valence-corrected chi connectivity index (χ1v) is 8.98. The summed E-state index contributed by atoms with van der Waals surface area (Å²) in [7, 11) is 4.41. The van der Waals surface area contributed by atoms with Gasteiger partial charge in [0.05, 0.1) is 32.9 Å². The van der Waals surface area contributed by atoms with Crippen molar-refractivity contribution in [3.63, 3.8) is 0 Å². The van der Waals surface area contributed by atoms with E-state index in [-0.39, 0.29) is 31.2 Å². The Hall–Kier alpha value is -3.29. The molecule has 1 aliphatic heterocycles. The number of hydrogen-bond donors (Lipinski definition) is 0. The summed E-state index contributed by atoms with van der Waals surface area (Å²) in [5.41, 5.74) is 1.06. The molecule has 1 saturated heterocycles. The maximum Gasteiger partial charge on any atom is 0.311 e. The summed E-state index contributed by atoms with van der Waals surface area (Å²) in [6, 6.07) is 9.43. The number of benzene rings is 2. The minimum atomic E-state index is -0.614. The minimum absolute atomic E-state index is 0.0327. The van der Waals surface area contributed by atoms with Gasteiger partial charge in [0.2, 0.25) is 5.91 Å². The van der Waals surface area contributed by atoms with Crippen molar-refractivity contribution in [1.82, 2.24) is 0 Å². The molecule has 1 heterocycles. The van der Waals surface area contributed by atoms with E-state index in [0.717, 1.165) is 0 Å². The molecule has 29 heavy (non-hydrogen) atoms. The molecule has 0 bridgehead atoms. The second-order valence-corrected chi connectivity index (χ2v) is 6.52. The first-order valence-electron chi connectivity index (χ1n) is 8.98. The molecule has 8 heteroatoms. The number of rotatable bonds is 7. The van der Waals surface area contributed by atoms with Crippen molar-refractivity contribution in [2.75, 3.05) is 32.8 Å². The number of hydrogen-bond acceptors (Lipinski definition) is 6. The third-order valence-corrected chi connectivity index (χ3v) is 4.73. The maximum atomic E-state index is 13.8. The Morgan fingerprint density at radius 3 is 2.48 bits per heavy atom. The molecule has 0 aromatic heterocycles. The molecular weight excluding hydrogens is 381 g/mol. The largest absolute Gasteiger partial charge is 0.497 e. The van der Waals surface area contributed by atoms with Gasteiger partial charge >= 0.3 is 5.97 Å². The van der Waals surface area contributed by atoms with Gasteiger partial charge < -0.3 is 23.8 Å². The molecule has 0 saturated carbocycles. The highest BCUT2D eigenvalue weighted by Crippen LogP contribution is 2.36. The molecule has 0 aliphatic carbocycles. The van der Waals surface area contributed by atoms with Crippen LogP contribution in [0.1, 0.15) is 12.0 Å². The van der Waals surface area contributed by atoms with Gasteiger partial charge in [-0.15, -0.1) is 0 Å². The van der Waals surface area contributed by atoms with Crippen molar-refractivity contribution in [2.45, 2.75) is 13.0 Å². The van der Waals surface area contributed by atoms with Crippen LogP contribution in [0.15, 0.2) is 36.4 Å². The minimum Gasteiger partial charge on any atom is -0.497 e. The number of amides is 1. The zero-order chi connectivity index (χ0) is 21.0. The van der Waals surface area contributed by atoms with E-state index >= 15 is 0 Å². The Bertz CT molecular complexity index is 916. The van der Waals surface area contributed by atoms with Crippen LogP contribution >= 0.6 is 0 Å². The average Bonchev–Trinajstić information content (AvgIpc) is 3.13. The van der Waals surface area contributed by atoms with Crippen molar-refractivity contribution in [3.8, 4) is 17.2 Å². The van der Waals surface area contributed by atoms with E-state index in [9.17, 15) is 14.0 Å². The fourth-order valence-electron chi connectivity index (χ4n) is 3.18. The van der Waals surface area contributed by atoms with Crippen molar-refractivity contribution in [2.24, 2.45) is 5.92 Å². The number of ether oxygens (including phenoxy) is 4. The van der Waals surface area contributed by atoms with Gasteiger partial charge in [-0.3, -0.25) is 9.59 Å². The van der Waals surface area contributed by atoms with Gasteiger partial charge in [0.1, 0.15) is 18.1 Å². The SMILES string of the molecule is COc1ccc(N2C[C@@H](C(=O)OCc3ccc(OC)c(F)c3)CC2=O)c(OC)c1.